The molecule has 0 radical (unpaired) electrons. The fourth-order valence-electron chi connectivity index (χ4n) is 4.58. The lowest BCUT2D eigenvalue weighted by Crippen LogP contribution is -2.52. The third-order valence-corrected chi connectivity index (χ3v) is 7.82. The van der Waals surface area contributed by atoms with E-state index in [2.05, 4.69) is 15.5 Å². The number of morpholine rings is 1. The van der Waals surface area contributed by atoms with Gasteiger partial charge in [0.25, 0.3) is 11.8 Å². The van der Waals surface area contributed by atoms with Gasteiger partial charge < -0.3 is 25.0 Å². The van der Waals surface area contributed by atoms with Crippen LogP contribution < -0.4 is 20.3 Å². The van der Waals surface area contributed by atoms with Gasteiger partial charge in [-0.25, -0.2) is 0 Å². The van der Waals surface area contributed by atoms with E-state index in [1.165, 1.54) is 17.0 Å². The molecule has 2 heterocycles. The van der Waals surface area contributed by atoms with Gasteiger partial charge >= 0.3 is 6.61 Å². The highest BCUT2D eigenvalue weighted by atomic mass is 35.5. The van der Waals surface area contributed by atoms with Gasteiger partial charge in [0.1, 0.15) is 12.6 Å². The Balaban J connectivity index is 1.36. The summed E-state index contributed by atoms with van der Waals surface area (Å²) in [5, 5.41) is 5.57. The van der Waals surface area contributed by atoms with E-state index in [0.29, 0.717) is 21.5 Å². The smallest absolute Gasteiger partial charge is 0.387 e. The highest BCUT2D eigenvalue weighted by Gasteiger charge is 2.45. The van der Waals surface area contributed by atoms with Crippen LogP contribution in [-0.4, -0.2) is 73.7 Å². The second-order valence-electron chi connectivity index (χ2n) is 9.39. The zero-order valence-corrected chi connectivity index (χ0v) is 21.9. The molecule has 2 aliphatic carbocycles. The Kier molecular flexibility index (Phi) is 8.12. The van der Waals surface area contributed by atoms with Gasteiger partial charge in [-0.3, -0.25) is 19.3 Å². The maximum Gasteiger partial charge on any atom is 0.387 e. The van der Waals surface area contributed by atoms with Gasteiger partial charge in [0, 0.05) is 36.9 Å². The summed E-state index contributed by atoms with van der Waals surface area (Å²) in [6, 6.07) is 7.31. The number of halogens is 3. The molecule has 0 spiro atoms. The fourth-order valence-corrected chi connectivity index (χ4v) is 5.54. The first kappa shape index (κ1) is 26.8. The van der Waals surface area contributed by atoms with E-state index in [1.807, 2.05) is 0 Å². The molecule has 1 atom stereocenters. The lowest BCUT2D eigenvalue weighted by Gasteiger charge is -2.31. The number of thiophene rings is 1. The molecule has 1 aromatic carbocycles. The van der Waals surface area contributed by atoms with Crippen LogP contribution in [0.4, 0.5) is 20.2 Å². The number of hydrogen-bond acceptors (Lipinski definition) is 7. The predicted octanol–water partition coefficient (Wildman–Crippen LogP) is 3.73. The van der Waals surface area contributed by atoms with Crippen molar-refractivity contribution in [2.45, 2.75) is 50.4 Å². The van der Waals surface area contributed by atoms with Crippen molar-refractivity contribution in [2.24, 2.45) is 0 Å². The van der Waals surface area contributed by atoms with Gasteiger partial charge in [0.2, 0.25) is 5.91 Å². The second kappa shape index (κ2) is 11.5. The van der Waals surface area contributed by atoms with Crippen molar-refractivity contribution in [3.05, 3.63) is 39.5 Å². The molecule has 38 heavy (non-hydrogen) atoms. The molecular formula is C25H27ClF2N4O5S. The van der Waals surface area contributed by atoms with Crippen molar-refractivity contribution in [1.29, 1.82) is 0 Å². The third kappa shape index (κ3) is 6.42. The van der Waals surface area contributed by atoms with Crippen molar-refractivity contribution in [1.82, 2.24) is 10.2 Å². The first-order valence-electron chi connectivity index (χ1n) is 12.4. The summed E-state index contributed by atoms with van der Waals surface area (Å²) in [6.45, 7) is -2.61. The van der Waals surface area contributed by atoms with Crippen molar-refractivity contribution in [3.63, 3.8) is 0 Å². The number of alkyl halides is 2. The molecule has 3 aliphatic rings. The molecule has 2 saturated carbocycles. The Hall–Kier alpha value is -2.80. The molecule has 3 fully saturated rings. The molecule has 2 aromatic rings. The molecular weight excluding hydrogens is 542 g/mol. The van der Waals surface area contributed by atoms with Crippen molar-refractivity contribution in [3.8, 4) is 5.75 Å². The van der Waals surface area contributed by atoms with Crippen LogP contribution >= 0.6 is 22.9 Å². The molecule has 2 N–H and O–H groups in total. The van der Waals surface area contributed by atoms with Gasteiger partial charge in [-0.15, -0.1) is 11.3 Å². The van der Waals surface area contributed by atoms with Crippen LogP contribution in [0.15, 0.2) is 30.3 Å². The SMILES string of the molecule is O=C(NC[C@@H](C(=O)Nc1ccc(N2CCOCC2=O)cc1OC(F)F)N(C1CC1)C1CC1)c1ccc(Cl)s1. The largest absolute Gasteiger partial charge is 0.433 e. The van der Waals surface area contributed by atoms with E-state index < -0.39 is 18.6 Å². The summed E-state index contributed by atoms with van der Waals surface area (Å²) >= 11 is 7.09. The summed E-state index contributed by atoms with van der Waals surface area (Å²) in [7, 11) is 0. The van der Waals surface area contributed by atoms with Crippen molar-refractivity contribution in [2.75, 3.05) is 36.5 Å². The van der Waals surface area contributed by atoms with Gasteiger partial charge in [-0.2, -0.15) is 8.78 Å². The van der Waals surface area contributed by atoms with Crippen molar-refractivity contribution >= 4 is 52.0 Å². The Morgan fingerprint density at radius 3 is 2.53 bits per heavy atom. The standard InChI is InChI=1S/C25H27ClF2N4O5S/c26-21-8-7-20(38-21)24(35)29-12-18(32(14-1-2-14)15-3-4-15)23(34)30-17-6-5-16(11-19(17)37-25(27)28)31-9-10-36-13-22(31)33/h5-8,11,14-15,18,25H,1-4,9-10,12-13H2,(H,29,35)(H,30,34)/t18-/m0/s1. The molecule has 9 nitrogen and oxygen atoms in total. The summed E-state index contributed by atoms with van der Waals surface area (Å²) in [5.41, 5.74) is 0.413. The average molecular weight is 569 g/mol. The number of benzene rings is 1. The minimum Gasteiger partial charge on any atom is -0.433 e. The number of carbonyl (C=O) groups is 3. The third-order valence-electron chi connectivity index (χ3n) is 6.59. The van der Waals surface area contributed by atoms with E-state index >= 15 is 0 Å². The van der Waals surface area contributed by atoms with E-state index in [1.54, 1.807) is 18.2 Å². The highest BCUT2D eigenvalue weighted by Crippen LogP contribution is 2.39. The Morgan fingerprint density at radius 1 is 1.18 bits per heavy atom. The number of carbonyl (C=O) groups excluding carboxylic acids is 3. The fraction of sp³-hybridized carbons (Fsp3) is 0.480. The van der Waals surface area contributed by atoms with Crippen LogP contribution in [-0.2, 0) is 14.3 Å². The maximum absolute atomic E-state index is 13.6. The normalized spacial score (nSPS) is 18.6. The molecule has 1 aromatic heterocycles. The van der Waals surface area contributed by atoms with Crippen LogP contribution in [0.1, 0.15) is 35.4 Å². The van der Waals surface area contributed by atoms with E-state index in [4.69, 9.17) is 21.1 Å². The number of nitrogens with one attached hydrogen (secondary N) is 2. The molecule has 204 valence electrons. The summed E-state index contributed by atoms with van der Waals surface area (Å²) in [4.78, 5) is 42.5. The molecule has 0 bridgehead atoms. The Morgan fingerprint density at radius 2 is 1.92 bits per heavy atom. The Bertz CT molecular complexity index is 1190. The minimum absolute atomic E-state index is 0.0403. The Labute approximate surface area is 227 Å². The molecule has 5 rings (SSSR count). The molecule has 3 amide bonds. The van der Waals surface area contributed by atoms with Crippen LogP contribution in [0, 0.1) is 0 Å². The number of rotatable bonds is 11. The highest BCUT2D eigenvalue weighted by molar-refractivity contribution is 7.18. The van der Waals surface area contributed by atoms with Crippen LogP contribution in [0.3, 0.4) is 0 Å². The van der Waals surface area contributed by atoms with Crippen LogP contribution in [0.2, 0.25) is 4.34 Å². The van der Waals surface area contributed by atoms with E-state index in [0.717, 1.165) is 37.0 Å². The number of nitrogens with zero attached hydrogens (tertiary/aromatic N) is 2. The summed E-state index contributed by atoms with van der Waals surface area (Å²) in [5.74, 6) is -1.34. The van der Waals surface area contributed by atoms with Gasteiger partial charge in [0.05, 0.1) is 21.5 Å². The number of amides is 3. The van der Waals surface area contributed by atoms with Crippen molar-refractivity contribution < 1.29 is 32.6 Å². The molecule has 1 saturated heterocycles. The van der Waals surface area contributed by atoms with Crippen LogP contribution in [0.25, 0.3) is 0 Å². The zero-order valence-electron chi connectivity index (χ0n) is 20.3. The summed E-state index contributed by atoms with van der Waals surface area (Å²) in [6.07, 6.45) is 3.82. The lowest BCUT2D eigenvalue weighted by atomic mass is 10.1. The van der Waals surface area contributed by atoms with Gasteiger partial charge in [-0.1, -0.05) is 11.6 Å². The predicted molar refractivity (Wildman–Crippen MR) is 138 cm³/mol. The van der Waals surface area contributed by atoms with E-state index in [9.17, 15) is 23.2 Å². The monoisotopic (exact) mass is 568 g/mol. The number of anilines is 2. The molecule has 0 unspecified atom stereocenters. The van der Waals surface area contributed by atoms with Crippen LogP contribution in [0.5, 0.6) is 5.75 Å². The van der Waals surface area contributed by atoms with Gasteiger partial charge in [0.15, 0.2) is 5.75 Å². The maximum atomic E-state index is 13.6. The number of ether oxygens (including phenoxy) is 2. The molecule has 1 aliphatic heterocycles. The summed E-state index contributed by atoms with van der Waals surface area (Å²) < 4.78 is 36.9. The van der Waals surface area contributed by atoms with Gasteiger partial charge in [-0.05, 0) is 49.9 Å². The molecule has 13 heteroatoms. The first-order chi connectivity index (χ1) is 18.3. The minimum atomic E-state index is -3.14. The van der Waals surface area contributed by atoms with E-state index in [-0.39, 0.29) is 55.0 Å². The topological polar surface area (TPSA) is 100 Å². The quantitative estimate of drug-likeness (QED) is 0.428. The first-order valence-corrected chi connectivity index (χ1v) is 13.6. The number of hydrogen-bond donors (Lipinski definition) is 2. The zero-order chi connectivity index (χ0) is 26.8. The lowest BCUT2D eigenvalue weighted by molar-refractivity contribution is -0.125. The second-order valence-corrected chi connectivity index (χ2v) is 11.1. The average Bonchev–Trinajstić information content (AvgIpc) is 3.82.